The van der Waals surface area contributed by atoms with Crippen LogP contribution in [0.5, 0.6) is 0 Å². The minimum absolute atomic E-state index is 0.0866. The van der Waals surface area contributed by atoms with Crippen molar-refractivity contribution in [2.24, 2.45) is 52.3 Å². The molecule has 0 aromatic heterocycles. The van der Waals surface area contributed by atoms with Crippen molar-refractivity contribution < 1.29 is 28.5 Å². The van der Waals surface area contributed by atoms with Gasteiger partial charge in [-0.05, 0) is 124 Å². The Kier molecular flexibility index (Phi) is 7.98. The normalized spacial score (nSPS) is 45.0. The van der Waals surface area contributed by atoms with Gasteiger partial charge in [0.2, 0.25) is 0 Å². The topological polar surface area (TPSA) is 112 Å². The van der Waals surface area contributed by atoms with E-state index in [4.69, 9.17) is 0 Å². The summed E-state index contributed by atoms with van der Waals surface area (Å²) in [6.07, 6.45) is 9.03. The summed E-state index contributed by atoms with van der Waals surface area (Å²) in [6, 6.07) is 0. The van der Waals surface area contributed by atoms with Crippen molar-refractivity contribution in [2.45, 2.75) is 123 Å². The third kappa shape index (κ3) is 4.61. The Morgan fingerprint density at radius 2 is 1.62 bits per heavy atom. The van der Waals surface area contributed by atoms with Gasteiger partial charge in [0.25, 0.3) is 0 Å². The van der Waals surface area contributed by atoms with E-state index in [0.29, 0.717) is 41.9 Å². The third-order valence-corrected chi connectivity index (χ3v) is 15.1. The number of aliphatic hydroxyl groups excluding tert-OH is 2. The van der Waals surface area contributed by atoms with Crippen molar-refractivity contribution >= 4 is 15.8 Å². The molecule has 214 valence electrons. The molecule has 0 unspecified atom stereocenters. The second-order valence-electron chi connectivity index (χ2n) is 14.4. The van der Waals surface area contributed by atoms with Crippen molar-refractivity contribution in [1.82, 2.24) is 0 Å². The highest BCUT2D eigenvalue weighted by molar-refractivity contribution is 7.93. The summed E-state index contributed by atoms with van der Waals surface area (Å²) in [6.45, 7) is 11.9. The van der Waals surface area contributed by atoms with Crippen molar-refractivity contribution in [3.63, 3.8) is 0 Å². The number of carboxylic acid groups (broad SMARTS) is 1. The molecule has 0 aromatic carbocycles. The van der Waals surface area contributed by atoms with Crippen LogP contribution in [-0.2, 0) is 14.6 Å². The number of rotatable bonds is 8. The first-order chi connectivity index (χ1) is 17.1. The molecule has 4 saturated carbocycles. The summed E-state index contributed by atoms with van der Waals surface area (Å²) in [5.74, 6) is 1.46. The second kappa shape index (κ2) is 10.1. The zero-order valence-electron chi connectivity index (χ0n) is 23.9. The van der Waals surface area contributed by atoms with Crippen LogP contribution in [0.25, 0.3) is 0 Å². The molecule has 0 saturated heterocycles. The Hall–Kier alpha value is -0.660. The molecule has 3 N–H and O–H groups in total. The maximum absolute atomic E-state index is 12.7. The van der Waals surface area contributed by atoms with Gasteiger partial charge in [-0.15, -0.1) is 0 Å². The van der Waals surface area contributed by atoms with E-state index in [-0.39, 0.29) is 34.7 Å². The van der Waals surface area contributed by atoms with Crippen LogP contribution in [0.2, 0.25) is 0 Å². The van der Waals surface area contributed by atoms with Gasteiger partial charge in [0.15, 0.2) is 14.6 Å². The van der Waals surface area contributed by atoms with Gasteiger partial charge in [0.1, 0.15) is 0 Å². The van der Waals surface area contributed by atoms with E-state index in [1.807, 2.05) is 0 Å². The molecule has 0 aromatic rings. The average molecular weight is 541 g/mol. The number of hydrogen-bond donors (Lipinski definition) is 3. The highest BCUT2D eigenvalue weighted by Crippen LogP contribution is 2.69. The molecule has 0 aliphatic heterocycles. The van der Waals surface area contributed by atoms with Crippen molar-refractivity contribution in [1.29, 1.82) is 0 Å². The highest BCUT2D eigenvalue weighted by Gasteiger charge is 2.64. The SMILES string of the molecule is CC[C@H]1[C@@H](O)[C@@H]2[C@H](CC[C@]3(C)[C@@H]([C@H](C)CCCS(=O)(=O)C(C)(C)C(=O)O)CC[C@@H]23)[C@@]2(C)CC[C@@H](O)C[C@@H]12. The second-order valence-corrected chi connectivity index (χ2v) is 17.0. The molecule has 37 heavy (non-hydrogen) atoms. The lowest BCUT2D eigenvalue weighted by Gasteiger charge is -2.64. The summed E-state index contributed by atoms with van der Waals surface area (Å²) in [4.78, 5) is 11.5. The number of aliphatic carboxylic acids is 1. The molecule has 0 radical (unpaired) electrons. The lowest BCUT2D eigenvalue weighted by atomic mass is 9.41. The number of hydrogen-bond acceptors (Lipinski definition) is 5. The molecular formula is C30H52O6S. The molecule has 0 heterocycles. The number of aliphatic hydroxyl groups is 2. The first kappa shape index (κ1) is 29.3. The van der Waals surface area contributed by atoms with E-state index < -0.39 is 20.6 Å². The van der Waals surface area contributed by atoms with E-state index >= 15 is 0 Å². The van der Waals surface area contributed by atoms with Crippen LogP contribution < -0.4 is 0 Å². The molecule has 4 aliphatic rings. The average Bonchev–Trinajstić information content (AvgIpc) is 3.17. The number of carbonyl (C=O) groups is 1. The summed E-state index contributed by atoms with van der Waals surface area (Å²) in [7, 11) is -3.72. The zero-order chi connectivity index (χ0) is 27.6. The lowest BCUT2D eigenvalue weighted by Crippen LogP contribution is -2.62. The molecule has 7 heteroatoms. The highest BCUT2D eigenvalue weighted by atomic mass is 32.2. The van der Waals surface area contributed by atoms with Crippen LogP contribution >= 0.6 is 0 Å². The number of carboxylic acids is 1. The zero-order valence-corrected chi connectivity index (χ0v) is 24.8. The van der Waals surface area contributed by atoms with Gasteiger partial charge in [-0.25, -0.2) is 8.42 Å². The standard InChI is InChI=1S/C30H52O6S/c1-7-20-24-17-19(31)12-14-30(24,6)23-13-15-29(5)21(10-11-22(29)25(23)26(20)32)18(2)9-8-16-37(35,36)28(3,4)27(33)34/h18-26,31-32H,7-17H2,1-6H3,(H,33,34)/t18-,19-,20-,21-,22+,23+,24+,25+,26-,29-,30-/m1/s1. The van der Waals surface area contributed by atoms with Crippen LogP contribution in [-0.4, -0.2) is 52.4 Å². The lowest BCUT2D eigenvalue weighted by molar-refractivity contribution is -0.203. The Labute approximate surface area is 224 Å². The number of fused-ring (bicyclic) bond motifs is 5. The third-order valence-electron chi connectivity index (χ3n) is 12.5. The minimum atomic E-state index is -3.72. The maximum Gasteiger partial charge on any atom is 0.324 e. The maximum atomic E-state index is 12.7. The fourth-order valence-electron chi connectivity index (χ4n) is 10.1. The molecule has 11 atom stereocenters. The first-order valence-electron chi connectivity index (χ1n) is 14.9. The molecule has 6 nitrogen and oxygen atoms in total. The predicted octanol–water partition coefficient (Wildman–Crippen LogP) is 5.31. The van der Waals surface area contributed by atoms with Crippen LogP contribution in [0.3, 0.4) is 0 Å². The van der Waals surface area contributed by atoms with Gasteiger partial charge in [-0.2, -0.15) is 0 Å². The van der Waals surface area contributed by atoms with Crippen molar-refractivity contribution in [3.05, 3.63) is 0 Å². The summed E-state index contributed by atoms with van der Waals surface area (Å²) in [5.41, 5.74) is 0.344. The van der Waals surface area contributed by atoms with Crippen LogP contribution in [0.1, 0.15) is 106 Å². The largest absolute Gasteiger partial charge is 0.480 e. The van der Waals surface area contributed by atoms with Gasteiger partial charge in [0.05, 0.1) is 18.0 Å². The molecule has 0 bridgehead atoms. The van der Waals surface area contributed by atoms with Gasteiger partial charge in [0, 0.05) is 0 Å². The molecule has 0 amide bonds. The minimum Gasteiger partial charge on any atom is -0.480 e. The fourth-order valence-corrected chi connectivity index (χ4v) is 11.4. The first-order valence-corrected chi connectivity index (χ1v) is 16.6. The van der Waals surface area contributed by atoms with Gasteiger partial charge < -0.3 is 15.3 Å². The van der Waals surface area contributed by atoms with E-state index in [9.17, 15) is 28.5 Å². The van der Waals surface area contributed by atoms with Crippen LogP contribution in [0.4, 0.5) is 0 Å². The van der Waals surface area contributed by atoms with Crippen LogP contribution in [0, 0.1) is 52.3 Å². The smallest absolute Gasteiger partial charge is 0.324 e. The number of sulfone groups is 1. The molecule has 0 spiro atoms. The van der Waals surface area contributed by atoms with E-state index in [0.717, 1.165) is 57.8 Å². The Balaban J connectivity index is 1.49. The molecular weight excluding hydrogens is 488 g/mol. The molecule has 4 aliphatic carbocycles. The Morgan fingerprint density at radius 3 is 2.24 bits per heavy atom. The summed E-state index contributed by atoms with van der Waals surface area (Å²) >= 11 is 0. The van der Waals surface area contributed by atoms with E-state index in [1.54, 1.807) is 0 Å². The molecule has 4 rings (SSSR count). The van der Waals surface area contributed by atoms with Crippen molar-refractivity contribution in [3.8, 4) is 0 Å². The van der Waals surface area contributed by atoms with Gasteiger partial charge in [-0.1, -0.05) is 34.1 Å². The Morgan fingerprint density at radius 1 is 1.00 bits per heavy atom. The molecule has 4 fully saturated rings. The van der Waals surface area contributed by atoms with Gasteiger partial charge in [-0.3, -0.25) is 4.79 Å². The monoisotopic (exact) mass is 540 g/mol. The van der Waals surface area contributed by atoms with Crippen molar-refractivity contribution in [2.75, 3.05) is 5.75 Å². The van der Waals surface area contributed by atoms with Crippen LogP contribution in [0.15, 0.2) is 0 Å². The quantitative estimate of drug-likeness (QED) is 0.385. The van der Waals surface area contributed by atoms with E-state index in [2.05, 4.69) is 27.7 Å². The van der Waals surface area contributed by atoms with E-state index in [1.165, 1.54) is 13.8 Å². The van der Waals surface area contributed by atoms with Gasteiger partial charge >= 0.3 is 5.97 Å². The summed E-state index contributed by atoms with van der Waals surface area (Å²) in [5, 5.41) is 31.7. The summed E-state index contributed by atoms with van der Waals surface area (Å²) < 4.78 is 23.6. The predicted molar refractivity (Wildman–Crippen MR) is 146 cm³/mol. The Bertz CT molecular complexity index is 961. The fraction of sp³-hybridized carbons (Fsp3) is 0.967.